The Labute approximate surface area is 284 Å². The molecule has 49 heavy (non-hydrogen) atoms. The predicted molar refractivity (Wildman–Crippen MR) is 185 cm³/mol. The van der Waals surface area contributed by atoms with E-state index in [4.69, 9.17) is 34.0 Å². The molecule has 3 aliphatic heterocycles. The van der Waals surface area contributed by atoms with Crippen LogP contribution >= 0.6 is 0 Å². The van der Waals surface area contributed by atoms with Crippen molar-refractivity contribution in [3.05, 3.63) is 83.8 Å². The van der Waals surface area contributed by atoms with Crippen LogP contribution in [-0.4, -0.2) is 74.9 Å². The molecule has 0 bridgehead atoms. The molecular formula is C37H41N7O5. The number of hydrogen-bond acceptors (Lipinski definition) is 9. The molecule has 1 saturated heterocycles. The van der Waals surface area contributed by atoms with Crippen LogP contribution in [0.3, 0.4) is 0 Å². The lowest BCUT2D eigenvalue weighted by atomic mass is 9.82. The normalized spacial score (nSPS) is 18.7. The summed E-state index contributed by atoms with van der Waals surface area (Å²) in [5, 5.41) is 9.26. The summed E-state index contributed by atoms with van der Waals surface area (Å²) in [4.78, 5) is 25.5. The molecular weight excluding hydrogens is 622 g/mol. The minimum atomic E-state index is -0.617. The van der Waals surface area contributed by atoms with E-state index in [1.54, 1.807) is 7.11 Å². The van der Waals surface area contributed by atoms with E-state index in [9.17, 15) is 4.79 Å². The number of nitrogens with zero attached hydrogens (tertiary/aromatic N) is 6. The second kappa shape index (κ2) is 12.1. The molecule has 2 aromatic carbocycles. The van der Waals surface area contributed by atoms with Crippen molar-refractivity contribution in [1.29, 1.82) is 0 Å². The second-order valence-electron chi connectivity index (χ2n) is 13.9. The van der Waals surface area contributed by atoms with Gasteiger partial charge in [-0.25, -0.2) is 14.5 Å². The molecule has 1 N–H and O–H groups in total. The number of anilines is 1. The van der Waals surface area contributed by atoms with Gasteiger partial charge in [0.1, 0.15) is 34.4 Å². The SMILES string of the molecule is COc1ccc(Cn2nc(C3=CCOCC3)c3c2nc(N2CCC4(CC2)Oc2ccccc2[C@H]4NC(=O)OC(C)(C)C)n2ccnc32)cc1. The van der Waals surface area contributed by atoms with Crippen LogP contribution < -0.4 is 19.7 Å². The van der Waals surface area contributed by atoms with E-state index in [0.29, 0.717) is 45.7 Å². The third-order valence-corrected chi connectivity index (χ3v) is 9.59. The van der Waals surface area contributed by atoms with Crippen molar-refractivity contribution in [2.24, 2.45) is 0 Å². The number of nitrogens with one attached hydrogen (secondary N) is 1. The highest BCUT2D eigenvalue weighted by Gasteiger charge is 2.51. The van der Waals surface area contributed by atoms with Gasteiger partial charge < -0.3 is 29.2 Å². The van der Waals surface area contributed by atoms with Crippen LogP contribution in [0.25, 0.3) is 22.3 Å². The van der Waals surface area contributed by atoms with E-state index in [1.807, 2.05) is 74.2 Å². The molecule has 1 spiro atoms. The molecule has 0 aliphatic carbocycles. The number of hydrogen-bond donors (Lipinski definition) is 1. The highest BCUT2D eigenvalue weighted by molar-refractivity contribution is 5.99. The number of benzene rings is 2. The number of ether oxygens (including phenoxy) is 4. The zero-order valence-corrected chi connectivity index (χ0v) is 28.3. The smallest absolute Gasteiger partial charge is 0.408 e. The summed E-state index contributed by atoms with van der Waals surface area (Å²) >= 11 is 0. The maximum Gasteiger partial charge on any atom is 0.408 e. The molecule has 12 heteroatoms. The molecule has 1 amide bonds. The van der Waals surface area contributed by atoms with Gasteiger partial charge in [-0.1, -0.05) is 36.4 Å². The molecule has 3 aliphatic rings. The Morgan fingerprint density at radius 2 is 1.88 bits per heavy atom. The molecule has 0 saturated carbocycles. The summed E-state index contributed by atoms with van der Waals surface area (Å²) in [6, 6.07) is 15.6. The first-order chi connectivity index (χ1) is 23.7. The van der Waals surface area contributed by atoms with E-state index >= 15 is 0 Å². The number of aromatic nitrogens is 5. The van der Waals surface area contributed by atoms with Gasteiger partial charge in [0, 0.05) is 43.9 Å². The van der Waals surface area contributed by atoms with Crippen molar-refractivity contribution in [2.45, 2.75) is 63.8 Å². The average Bonchev–Trinajstić information content (AvgIpc) is 3.80. The molecule has 3 aromatic heterocycles. The first-order valence-corrected chi connectivity index (χ1v) is 16.9. The molecule has 6 heterocycles. The monoisotopic (exact) mass is 663 g/mol. The Morgan fingerprint density at radius 3 is 2.61 bits per heavy atom. The molecule has 0 unspecified atom stereocenters. The fourth-order valence-corrected chi connectivity index (χ4v) is 7.26. The Bertz CT molecular complexity index is 2050. The Hall–Kier alpha value is -5.10. The van der Waals surface area contributed by atoms with Crippen molar-refractivity contribution < 1.29 is 23.7 Å². The third-order valence-electron chi connectivity index (χ3n) is 9.59. The fraction of sp³-hybridized carbons (Fsp3) is 0.405. The molecule has 1 atom stereocenters. The number of amides is 1. The first-order valence-electron chi connectivity index (χ1n) is 16.9. The number of carbonyl (C=O) groups is 1. The van der Waals surface area contributed by atoms with Gasteiger partial charge in [0.2, 0.25) is 5.95 Å². The lowest BCUT2D eigenvalue weighted by Crippen LogP contribution is -2.54. The number of fused-ring (bicyclic) bond motifs is 4. The van der Waals surface area contributed by atoms with Gasteiger partial charge in [0.25, 0.3) is 0 Å². The van der Waals surface area contributed by atoms with E-state index in [-0.39, 0.29) is 6.04 Å². The third kappa shape index (κ3) is 5.73. The molecule has 1 fully saturated rings. The quantitative estimate of drug-likeness (QED) is 0.236. The highest BCUT2D eigenvalue weighted by atomic mass is 16.6. The minimum Gasteiger partial charge on any atom is -0.497 e. The van der Waals surface area contributed by atoms with Crippen LogP contribution in [0.2, 0.25) is 0 Å². The van der Waals surface area contributed by atoms with Crippen LogP contribution in [-0.2, 0) is 16.0 Å². The molecule has 0 radical (unpaired) electrons. The summed E-state index contributed by atoms with van der Waals surface area (Å²) in [5.41, 5.74) is 4.47. The topological polar surface area (TPSA) is 117 Å². The molecule has 8 rings (SSSR count). The van der Waals surface area contributed by atoms with E-state index in [0.717, 1.165) is 62.9 Å². The van der Waals surface area contributed by atoms with Crippen molar-refractivity contribution in [3.63, 3.8) is 0 Å². The predicted octanol–water partition coefficient (Wildman–Crippen LogP) is 5.94. The zero-order chi connectivity index (χ0) is 33.8. The fourth-order valence-electron chi connectivity index (χ4n) is 7.26. The summed E-state index contributed by atoms with van der Waals surface area (Å²) in [6.07, 6.45) is 7.57. The average molecular weight is 664 g/mol. The molecule has 12 nitrogen and oxygen atoms in total. The van der Waals surface area contributed by atoms with Gasteiger partial charge in [-0.05, 0) is 56.5 Å². The van der Waals surface area contributed by atoms with Gasteiger partial charge in [-0.15, -0.1) is 0 Å². The Balaban J connectivity index is 1.15. The molecule has 5 aromatic rings. The number of rotatable bonds is 6. The summed E-state index contributed by atoms with van der Waals surface area (Å²) < 4.78 is 27.5. The van der Waals surface area contributed by atoms with Crippen molar-refractivity contribution >= 4 is 34.3 Å². The van der Waals surface area contributed by atoms with E-state index in [1.165, 1.54) is 0 Å². The van der Waals surface area contributed by atoms with E-state index < -0.39 is 17.3 Å². The lowest BCUT2D eigenvalue weighted by molar-refractivity contribution is 0.0148. The summed E-state index contributed by atoms with van der Waals surface area (Å²) in [7, 11) is 1.67. The van der Waals surface area contributed by atoms with Gasteiger partial charge in [-0.3, -0.25) is 4.40 Å². The number of carbonyl (C=O) groups excluding carboxylic acids is 1. The number of methoxy groups -OCH3 is 1. The van der Waals surface area contributed by atoms with Crippen molar-refractivity contribution in [1.82, 2.24) is 29.5 Å². The van der Waals surface area contributed by atoms with Gasteiger partial charge in [-0.2, -0.15) is 10.1 Å². The van der Waals surface area contributed by atoms with Crippen LogP contribution in [0.15, 0.2) is 67.0 Å². The maximum absolute atomic E-state index is 13.0. The highest BCUT2D eigenvalue weighted by Crippen LogP contribution is 2.49. The number of alkyl carbamates (subject to hydrolysis) is 1. The van der Waals surface area contributed by atoms with Crippen LogP contribution in [0, 0.1) is 0 Å². The largest absolute Gasteiger partial charge is 0.497 e. The lowest BCUT2D eigenvalue weighted by Gasteiger charge is -2.42. The zero-order valence-electron chi connectivity index (χ0n) is 28.3. The van der Waals surface area contributed by atoms with Crippen LogP contribution in [0.1, 0.15) is 62.9 Å². The summed E-state index contributed by atoms with van der Waals surface area (Å²) in [6.45, 7) is 8.68. The van der Waals surface area contributed by atoms with Crippen molar-refractivity contribution in [3.8, 4) is 11.5 Å². The van der Waals surface area contributed by atoms with Gasteiger partial charge in [0.15, 0.2) is 11.3 Å². The van der Waals surface area contributed by atoms with Gasteiger partial charge in [0.05, 0.1) is 32.3 Å². The van der Waals surface area contributed by atoms with E-state index in [2.05, 4.69) is 32.8 Å². The number of piperidine rings is 1. The molecule has 254 valence electrons. The van der Waals surface area contributed by atoms with Crippen LogP contribution in [0.5, 0.6) is 11.5 Å². The first kappa shape index (κ1) is 31.2. The maximum atomic E-state index is 13.0. The Morgan fingerprint density at radius 1 is 1.08 bits per heavy atom. The van der Waals surface area contributed by atoms with Gasteiger partial charge >= 0.3 is 6.09 Å². The number of para-hydroxylation sites is 1. The summed E-state index contributed by atoms with van der Waals surface area (Å²) in [5.74, 6) is 2.40. The Kier molecular flexibility index (Phi) is 7.70. The number of imidazole rings is 1. The standard InChI is InChI=1S/C37H41N7O5/c1-36(2,3)49-35(45)39-31-27-7-5-6-8-28(27)48-37(31)15-18-42(19-16-37)34-40-33-29(32-38-17-20-43(32)34)30(25-13-21-47-22-14-25)41-44(33)23-24-9-11-26(46-4)12-10-24/h5-13,17,20,31H,14-16,18-19,21-23H2,1-4H3,(H,39,45)/t31-/m1/s1. The second-order valence-corrected chi connectivity index (χ2v) is 13.9. The van der Waals surface area contributed by atoms with Crippen molar-refractivity contribution in [2.75, 3.05) is 38.3 Å². The van der Waals surface area contributed by atoms with Crippen LogP contribution in [0.4, 0.5) is 10.7 Å². The minimum absolute atomic E-state index is 0.342.